The highest BCUT2D eigenvalue weighted by molar-refractivity contribution is 5.82. The van der Waals surface area contributed by atoms with E-state index in [4.69, 9.17) is 5.73 Å². The van der Waals surface area contributed by atoms with E-state index in [0.29, 0.717) is 13.1 Å². The van der Waals surface area contributed by atoms with Gasteiger partial charge in [-0.2, -0.15) is 0 Å². The van der Waals surface area contributed by atoms with E-state index in [-0.39, 0.29) is 17.9 Å². The van der Waals surface area contributed by atoms with Crippen LogP contribution in [0.3, 0.4) is 0 Å². The van der Waals surface area contributed by atoms with Gasteiger partial charge in [0.15, 0.2) is 0 Å². The van der Waals surface area contributed by atoms with Gasteiger partial charge < -0.3 is 16.2 Å². The second kappa shape index (κ2) is 5.47. The summed E-state index contributed by atoms with van der Waals surface area (Å²) in [6.45, 7) is 8.45. The van der Waals surface area contributed by atoms with Crippen LogP contribution < -0.4 is 11.1 Å². The number of nitrogens with two attached hydrogens (primary N) is 1. The normalized spacial score (nSPS) is 15.9. The number of aliphatic hydroxyl groups is 1. The maximum absolute atomic E-state index is 11.7. The van der Waals surface area contributed by atoms with E-state index in [1.54, 1.807) is 0 Å². The Hall–Kier alpha value is -0.610. The Balaban J connectivity index is 4.22. The molecule has 1 amide bonds. The summed E-state index contributed by atoms with van der Waals surface area (Å²) in [5.74, 6) is -0.0573. The predicted octanol–water partition coefficient (Wildman–Crippen LogP) is 0.496. The van der Waals surface area contributed by atoms with E-state index in [9.17, 15) is 9.90 Å². The number of nitrogens with one attached hydrogen (secondary N) is 1. The first-order valence-corrected chi connectivity index (χ1v) is 5.40. The Bertz CT molecular complexity index is 211. The first-order valence-electron chi connectivity index (χ1n) is 5.40. The quantitative estimate of drug-likeness (QED) is 0.605. The average Bonchev–Trinajstić information content (AvgIpc) is 2.25. The molecule has 0 aliphatic carbocycles. The summed E-state index contributed by atoms with van der Waals surface area (Å²) >= 11 is 0. The van der Waals surface area contributed by atoms with E-state index in [2.05, 4.69) is 5.32 Å². The van der Waals surface area contributed by atoms with Crippen molar-refractivity contribution in [2.24, 2.45) is 16.6 Å². The fourth-order valence-corrected chi connectivity index (χ4v) is 0.918. The molecule has 0 saturated carbocycles. The molecule has 90 valence electrons. The highest BCUT2D eigenvalue weighted by Gasteiger charge is 2.28. The minimum atomic E-state index is -0.538. The molecule has 0 aromatic heterocycles. The topological polar surface area (TPSA) is 75.3 Å². The van der Waals surface area contributed by atoms with Crippen LogP contribution in [-0.2, 0) is 4.79 Å². The van der Waals surface area contributed by atoms with Crippen molar-refractivity contribution in [2.45, 2.75) is 34.1 Å². The van der Waals surface area contributed by atoms with Crippen molar-refractivity contribution in [3.8, 4) is 0 Å². The highest BCUT2D eigenvalue weighted by atomic mass is 16.3. The molecule has 1 atom stereocenters. The molecule has 1 unspecified atom stereocenters. The van der Waals surface area contributed by atoms with Crippen molar-refractivity contribution in [3.63, 3.8) is 0 Å². The minimum Gasteiger partial charge on any atom is -0.396 e. The molecular weight excluding hydrogens is 192 g/mol. The van der Waals surface area contributed by atoms with Crippen LogP contribution in [0.5, 0.6) is 0 Å². The summed E-state index contributed by atoms with van der Waals surface area (Å²) in [7, 11) is 0. The average molecular weight is 216 g/mol. The number of hydrogen-bond acceptors (Lipinski definition) is 3. The number of rotatable bonds is 6. The number of carbonyl (C=O) groups excluding carboxylic acids is 1. The number of amides is 1. The van der Waals surface area contributed by atoms with Crippen LogP contribution in [0, 0.1) is 10.8 Å². The zero-order chi connectivity index (χ0) is 12.1. The van der Waals surface area contributed by atoms with Gasteiger partial charge in [0.05, 0.1) is 12.0 Å². The van der Waals surface area contributed by atoms with Crippen LogP contribution in [0.15, 0.2) is 0 Å². The lowest BCUT2D eigenvalue weighted by atomic mass is 9.87. The standard InChI is InChI=1S/C11H24N2O2/c1-5-11(4,8-14)7-13-9(15)10(2,3)6-12/h14H,5-8,12H2,1-4H3,(H,13,15). The van der Waals surface area contributed by atoms with Gasteiger partial charge in [0.1, 0.15) is 0 Å². The molecule has 0 fully saturated rings. The van der Waals surface area contributed by atoms with Crippen LogP contribution in [-0.4, -0.2) is 30.7 Å². The maximum atomic E-state index is 11.7. The van der Waals surface area contributed by atoms with Crippen molar-refractivity contribution in [3.05, 3.63) is 0 Å². The summed E-state index contributed by atoms with van der Waals surface area (Å²) < 4.78 is 0. The molecular formula is C11H24N2O2. The molecule has 4 N–H and O–H groups in total. The molecule has 0 aromatic rings. The SMILES string of the molecule is CCC(C)(CO)CNC(=O)C(C)(C)CN. The molecule has 0 rings (SSSR count). The van der Waals surface area contributed by atoms with Gasteiger partial charge in [0.2, 0.25) is 5.91 Å². The molecule has 0 aliphatic heterocycles. The fourth-order valence-electron chi connectivity index (χ4n) is 0.918. The molecule has 0 aromatic carbocycles. The lowest BCUT2D eigenvalue weighted by molar-refractivity contribution is -0.129. The van der Waals surface area contributed by atoms with Crippen molar-refractivity contribution in [2.75, 3.05) is 19.7 Å². The third kappa shape index (κ3) is 4.18. The Morgan fingerprint density at radius 2 is 1.93 bits per heavy atom. The lowest BCUT2D eigenvalue weighted by Crippen LogP contribution is -2.46. The summed E-state index contributed by atoms with van der Waals surface area (Å²) in [5.41, 5.74) is 4.73. The van der Waals surface area contributed by atoms with Gasteiger partial charge in [-0.3, -0.25) is 4.79 Å². The van der Waals surface area contributed by atoms with Crippen LogP contribution in [0.2, 0.25) is 0 Å². The smallest absolute Gasteiger partial charge is 0.226 e. The number of hydrogen-bond donors (Lipinski definition) is 3. The first-order chi connectivity index (χ1) is 6.81. The van der Waals surface area contributed by atoms with Crippen molar-refractivity contribution >= 4 is 5.91 Å². The van der Waals surface area contributed by atoms with Gasteiger partial charge in [-0.1, -0.05) is 13.8 Å². The van der Waals surface area contributed by atoms with E-state index in [1.807, 2.05) is 27.7 Å². The Kier molecular flexibility index (Phi) is 5.24. The monoisotopic (exact) mass is 216 g/mol. The molecule has 0 heterocycles. The Morgan fingerprint density at radius 1 is 1.40 bits per heavy atom. The molecule has 0 radical (unpaired) electrons. The largest absolute Gasteiger partial charge is 0.396 e. The third-order valence-electron chi connectivity index (χ3n) is 3.04. The van der Waals surface area contributed by atoms with Crippen molar-refractivity contribution in [1.82, 2.24) is 5.32 Å². The highest BCUT2D eigenvalue weighted by Crippen LogP contribution is 2.19. The summed E-state index contributed by atoms with van der Waals surface area (Å²) in [4.78, 5) is 11.7. The van der Waals surface area contributed by atoms with Gasteiger partial charge in [0, 0.05) is 18.5 Å². The van der Waals surface area contributed by atoms with E-state index < -0.39 is 5.41 Å². The lowest BCUT2D eigenvalue weighted by Gasteiger charge is -2.29. The predicted molar refractivity (Wildman–Crippen MR) is 61.3 cm³/mol. The minimum absolute atomic E-state index is 0.0573. The van der Waals surface area contributed by atoms with Gasteiger partial charge in [-0.05, 0) is 20.3 Å². The van der Waals surface area contributed by atoms with E-state index >= 15 is 0 Å². The first kappa shape index (κ1) is 14.4. The van der Waals surface area contributed by atoms with Gasteiger partial charge >= 0.3 is 0 Å². The molecule has 0 aliphatic rings. The second-order valence-corrected chi connectivity index (χ2v) is 5.09. The van der Waals surface area contributed by atoms with Crippen molar-refractivity contribution < 1.29 is 9.90 Å². The molecule has 0 spiro atoms. The Labute approximate surface area is 92.2 Å². The molecule has 15 heavy (non-hydrogen) atoms. The zero-order valence-corrected chi connectivity index (χ0v) is 10.3. The van der Waals surface area contributed by atoms with Crippen LogP contribution in [0.1, 0.15) is 34.1 Å². The molecule has 4 nitrogen and oxygen atoms in total. The number of aliphatic hydroxyl groups excluding tert-OH is 1. The van der Waals surface area contributed by atoms with Gasteiger partial charge in [-0.25, -0.2) is 0 Å². The number of carbonyl (C=O) groups is 1. The second-order valence-electron chi connectivity index (χ2n) is 5.09. The van der Waals surface area contributed by atoms with Crippen molar-refractivity contribution in [1.29, 1.82) is 0 Å². The van der Waals surface area contributed by atoms with Gasteiger partial charge in [0.25, 0.3) is 0 Å². The Morgan fingerprint density at radius 3 is 2.27 bits per heavy atom. The molecule has 0 saturated heterocycles. The fraction of sp³-hybridized carbons (Fsp3) is 0.909. The zero-order valence-electron chi connectivity index (χ0n) is 10.3. The molecule has 0 bridgehead atoms. The van der Waals surface area contributed by atoms with Crippen LogP contribution >= 0.6 is 0 Å². The maximum Gasteiger partial charge on any atom is 0.226 e. The summed E-state index contributed by atoms with van der Waals surface area (Å²) in [5, 5.41) is 12.0. The summed E-state index contributed by atoms with van der Waals surface area (Å²) in [6.07, 6.45) is 0.826. The van der Waals surface area contributed by atoms with Gasteiger partial charge in [-0.15, -0.1) is 0 Å². The van der Waals surface area contributed by atoms with E-state index in [1.165, 1.54) is 0 Å². The summed E-state index contributed by atoms with van der Waals surface area (Å²) in [6, 6.07) is 0. The molecule has 4 heteroatoms. The van der Waals surface area contributed by atoms with E-state index in [0.717, 1.165) is 6.42 Å². The van der Waals surface area contributed by atoms with Crippen LogP contribution in [0.4, 0.5) is 0 Å². The third-order valence-corrected chi connectivity index (χ3v) is 3.04. The van der Waals surface area contributed by atoms with Crippen LogP contribution in [0.25, 0.3) is 0 Å².